The molecule has 0 spiro atoms. The zero-order valence-electron chi connectivity index (χ0n) is 13.6. The van der Waals surface area contributed by atoms with E-state index >= 15 is 0 Å². The van der Waals surface area contributed by atoms with Crippen molar-refractivity contribution in [2.75, 3.05) is 0 Å². The summed E-state index contributed by atoms with van der Waals surface area (Å²) in [4.78, 5) is 7.13. The monoisotopic (exact) mass is 380 g/mol. The van der Waals surface area contributed by atoms with Crippen molar-refractivity contribution in [2.24, 2.45) is 0 Å². The van der Waals surface area contributed by atoms with Gasteiger partial charge in [0.25, 0.3) is 0 Å². The van der Waals surface area contributed by atoms with Gasteiger partial charge in [-0.05, 0) is 41.8 Å². The molecule has 0 saturated carbocycles. The molecule has 0 aliphatic heterocycles. The summed E-state index contributed by atoms with van der Waals surface area (Å²) in [6.45, 7) is 1.96. The van der Waals surface area contributed by atoms with Crippen LogP contribution in [0, 0.1) is 5.82 Å². The molecule has 1 heterocycles. The number of alkyl halides is 3. The Morgan fingerprint density at radius 1 is 0.962 bits per heavy atom. The fourth-order valence-electron chi connectivity index (χ4n) is 2.58. The Morgan fingerprint density at radius 3 is 2.27 bits per heavy atom. The number of nitrogens with zero attached hydrogens (tertiary/aromatic N) is 2. The number of halogens is 5. The molecule has 3 aromatic rings. The van der Waals surface area contributed by atoms with Crippen LogP contribution in [0.1, 0.15) is 18.3 Å². The Morgan fingerprint density at radius 2 is 1.65 bits per heavy atom. The van der Waals surface area contributed by atoms with Crippen molar-refractivity contribution >= 4 is 11.6 Å². The van der Waals surface area contributed by atoms with Crippen molar-refractivity contribution in [3.63, 3.8) is 0 Å². The van der Waals surface area contributed by atoms with Crippen LogP contribution in [-0.2, 0) is 12.6 Å². The SMILES string of the molecule is CCc1cccc(-c2c(Cl)nc(C(F)(F)F)nc2-c2ccc(F)cc2)c1. The summed E-state index contributed by atoms with van der Waals surface area (Å²) in [6, 6.07) is 12.3. The maximum Gasteiger partial charge on any atom is 0.451 e. The summed E-state index contributed by atoms with van der Waals surface area (Å²) in [7, 11) is 0. The topological polar surface area (TPSA) is 25.8 Å². The number of hydrogen-bond donors (Lipinski definition) is 0. The number of hydrogen-bond acceptors (Lipinski definition) is 2. The molecule has 0 aliphatic rings. The number of rotatable bonds is 3. The van der Waals surface area contributed by atoms with Crippen molar-refractivity contribution in [1.82, 2.24) is 9.97 Å². The molecule has 2 aromatic carbocycles. The van der Waals surface area contributed by atoms with Gasteiger partial charge in [-0.2, -0.15) is 13.2 Å². The van der Waals surface area contributed by atoms with E-state index in [9.17, 15) is 17.6 Å². The number of benzene rings is 2. The lowest BCUT2D eigenvalue weighted by molar-refractivity contribution is -0.144. The fraction of sp³-hybridized carbons (Fsp3) is 0.158. The Bertz CT molecular complexity index is 937. The van der Waals surface area contributed by atoms with Gasteiger partial charge in [0.2, 0.25) is 5.82 Å². The molecule has 0 atom stereocenters. The van der Waals surface area contributed by atoms with Crippen LogP contribution in [0.4, 0.5) is 17.6 Å². The van der Waals surface area contributed by atoms with Crippen LogP contribution in [0.25, 0.3) is 22.4 Å². The van der Waals surface area contributed by atoms with Crippen LogP contribution < -0.4 is 0 Å². The standard InChI is InChI=1S/C19H13ClF4N2/c1-2-11-4-3-5-13(10-11)15-16(12-6-8-14(21)9-7-12)25-18(19(22,23)24)26-17(15)20/h3-10H,2H2,1H3. The summed E-state index contributed by atoms with van der Waals surface area (Å²) < 4.78 is 52.6. The van der Waals surface area contributed by atoms with E-state index in [1.165, 1.54) is 12.1 Å². The quantitative estimate of drug-likeness (QED) is 0.400. The average Bonchev–Trinajstić information content (AvgIpc) is 2.61. The van der Waals surface area contributed by atoms with E-state index in [0.29, 0.717) is 11.1 Å². The first-order valence-corrected chi connectivity index (χ1v) is 8.17. The van der Waals surface area contributed by atoms with Gasteiger partial charge in [0.05, 0.1) is 5.69 Å². The van der Waals surface area contributed by atoms with Crippen LogP contribution in [-0.4, -0.2) is 9.97 Å². The van der Waals surface area contributed by atoms with Crippen LogP contribution in [0.5, 0.6) is 0 Å². The van der Waals surface area contributed by atoms with E-state index in [1.54, 1.807) is 12.1 Å². The summed E-state index contributed by atoms with van der Waals surface area (Å²) in [6.07, 6.45) is -4.00. The zero-order chi connectivity index (χ0) is 18.9. The van der Waals surface area contributed by atoms with Gasteiger partial charge < -0.3 is 0 Å². The largest absolute Gasteiger partial charge is 0.451 e. The molecule has 2 nitrogen and oxygen atoms in total. The lowest BCUT2D eigenvalue weighted by Gasteiger charge is -2.15. The maximum atomic E-state index is 13.2. The first-order chi connectivity index (χ1) is 12.3. The molecule has 0 aliphatic carbocycles. The summed E-state index contributed by atoms with van der Waals surface area (Å²) >= 11 is 6.13. The normalized spacial score (nSPS) is 11.6. The van der Waals surface area contributed by atoms with Crippen LogP contribution in [0.3, 0.4) is 0 Å². The Hall–Kier alpha value is -2.47. The molecule has 3 rings (SSSR count). The van der Waals surface area contributed by atoms with Gasteiger partial charge in [-0.3, -0.25) is 0 Å². The molecule has 0 radical (unpaired) electrons. The van der Waals surface area contributed by atoms with E-state index < -0.39 is 17.8 Å². The van der Waals surface area contributed by atoms with E-state index in [-0.39, 0.29) is 16.4 Å². The first kappa shape index (κ1) is 18.3. The minimum atomic E-state index is -4.75. The number of aryl methyl sites for hydroxylation is 1. The highest BCUT2D eigenvalue weighted by atomic mass is 35.5. The van der Waals surface area contributed by atoms with E-state index in [1.807, 2.05) is 19.1 Å². The predicted octanol–water partition coefficient (Wildman–Crippen LogP) is 6.18. The molecule has 0 N–H and O–H groups in total. The maximum absolute atomic E-state index is 13.2. The van der Waals surface area contributed by atoms with Crippen molar-refractivity contribution in [3.05, 3.63) is 70.9 Å². The molecule has 0 fully saturated rings. The van der Waals surface area contributed by atoms with Crippen molar-refractivity contribution in [2.45, 2.75) is 19.5 Å². The summed E-state index contributed by atoms with van der Waals surface area (Å²) in [5.41, 5.74) is 2.19. The third kappa shape index (κ3) is 3.70. The molecule has 0 amide bonds. The summed E-state index contributed by atoms with van der Waals surface area (Å²) in [5, 5.41) is -0.306. The Labute approximate surface area is 152 Å². The van der Waals surface area contributed by atoms with Crippen LogP contribution in [0.15, 0.2) is 48.5 Å². The number of aromatic nitrogens is 2. The third-order valence-corrected chi connectivity index (χ3v) is 4.13. The lowest BCUT2D eigenvalue weighted by Crippen LogP contribution is -2.12. The van der Waals surface area contributed by atoms with E-state index in [4.69, 9.17) is 11.6 Å². The molecule has 26 heavy (non-hydrogen) atoms. The highest BCUT2D eigenvalue weighted by molar-refractivity contribution is 6.32. The highest BCUT2D eigenvalue weighted by Crippen LogP contribution is 2.38. The lowest BCUT2D eigenvalue weighted by atomic mass is 9.98. The first-order valence-electron chi connectivity index (χ1n) is 7.79. The van der Waals surface area contributed by atoms with Crippen molar-refractivity contribution < 1.29 is 17.6 Å². The highest BCUT2D eigenvalue weighted by Gasteiger charge is 2.36. The van der Waals surface area contributed by atoms with Gasteiger partial charge >= 0.3 is 6.18 Å². The molecular formula is C19H13ClF4N2. The minimum absolute atomic E-state index is 0.00516. The van der Waals surface area contributed by atoms with Crippen LogP contribution >= 0.6 is 11.6 Å². The molecule has 7 heteroatoms. The molecule has 0 saturated heterocycles. The second-order valence-electron chi connectivity index (χ2n) is 5.62. The van der Waals surface area contributed by atoms with Crippen molar-refractivity contribution in [3.8, 4) is 22.4 Å². The van der Waals surface area contributed by atoms with Gasteiger partial charge in [0.15, 0.2) is 0 Å². The zero-order valence-corrected chi connectivity index (χ0v) is 14.4. The summed E-state index contributed by atoms with van der Waals surface area (Å²) in [5.74, 6) is -1.84. The van der Waals surface area contributed by atoms with Gasteiger partial charge in [0.1, 0.15) is 11.0 Å². The second-order valence-corrected chi connectivity index (χ2v) is 5.98. The molecular weight excluding hydrogens is 368 g/mol. The smallest absolute Gasteiger partial charge is 0.224 e. The van der Waals surface area contributed by atoms with Gasteiger partial charge in [-0.15, -0.1) is 0 Å². The fourth-order valence-corrected chi connectivity index (χ4v) is 2.86. The van der Waals surface area contributed by atoms with Crippen molar-refractivity contribution in [1.29, 1.82) is 0 Å². The van der Waals surface area contributed by atoms with Gasteiger partial charge in [0, 0.05) is 11.1 Å². The van der Waals surface area contributed by atoms with Gasteiger partial charge in [-0.25, -0.2) is 14.4 Å². The minimum Gasteiger partial charge on any atom is -0.224 e. The predicted molar refractivity (Wildman–Crippen MR) is 92.3 cm³/mol. The molecule has 0 unspecified atom stereocenters. The van der Waals surface area contributed by atoms with Gasteiger partial charge in [-0.1, -0.05) is 42.8 Å². The van der Waals surface area contributed by atoms with Crippen LogP contribution in [0.2, 0.25) is 5.15 Å². The molecule has 134 valence electrons. The molecule has 1 aromatic heterocycles. The Balaban J connectivity index is 2.30. The van der Waals surface area contributed by atoms with E-state index in [2.05, 4.69) is 9.97 Å². The Kier molecular flexibility index (Phi) is 4.96. The average molecular weight is 381 g/mol. The third-order valence-electron chi connectivity index (χ3n) is 3.86. The second kappa shape index (κ2) is 7.03. The van der Waals surface area contributed by atoms with E-state index in [0.717, 1.165) is 24.1 Å². The molecule has 0 bridgehead atoms.